The molecule has 2 rings (SSSR count). The highest BCUT2D eigenvalue weighted by Crippen LogP contribution is 2.24. The third-order valence-corrected chi connectivity index (χ3v) is 3.12. The molecule has 1 unspecified atom stereocenters. The molecule has 4 nitrogen and oxygen atoms in total. The lowest BCUT2D eigenvalue weighted by molar-refractivity contribution is -0.130. The number of carbonyl (C=O) groups excluding carboxylic acids is 1. The number of rotatable bonds is 3. The molecule has 0 aliphatic carbocycles. The van der Waals surface area contributed by atoms with Crippen LogP contribution < -0.4 is 5.43 Å². The van der Waals surface area contributed by atoms with E-state index in [1.165, 1.54) is 5.01 Å². The molecule has 1 heterocycles. The fourth-order valence-electron chi connectivity index (χ4n) is 1.77. The van der Waals surface area contributed by atoms with Gasteiger partial charge in [0.05, 0.1) is 19.2 Å². The molecule has 1 fully saturated rings. The van der Waals surface area contributed by atoms with Gasteiger partial charge in [0.25, 0.3) is 0 Å². The summed E-state index contributed by atoms with van der Waals surface area (Å²) in [5.41, 5.74) is 4.17. The molecule has 1 aliphatic rings. The molecule has 1 saturated heterocycles. The molecule has 16 heavy (non-hydrogen) atoms. The van der Waals surface area contributed by atoms with Gasteiger partial charge >= 0.3 is 0 Å². The van der Waals surface area contributed by atoms with Crippen LogP contribution in [0.5, 0.6) is 0 Å². The first kappa shape index (κ1) is 11.6. The van der Waals surface area contributed by atoms with Crippen LogP contribution in [0.1, 0.15) is 18.0 Å². The van der Waals surface area contributed by atoms with Crippen molar-refractivity contribution in [3.05, 3.63) is 34.3 Å². The number of amides is 1. The smallest absolute Gasteiger partial charge is 0.238 e. The van der Waals surface area contributed by atoms with Crippen molar-refractivity contribution in [2.45, 2.75) is 12.5 Å². The van der Waals surface area contributed by atoms with E-state index in [0.717, 1.165) is 10.0 Å². The Hall–Kier alpha value is -0.910. The number of carbonyl (C=O) groups is 1. The molecule has 0 saturated carbocycles. The van der Waals surface area contributed by atoms with Crippen LogP contribution in [0, 0.1) is 0 Å². The van der Waals surface area contributed by atoms with Gasteiger partial charge in [0, 0.05) is 10.9 Å². The van der Waals surface area contributed by atoms with Gasteiger partial charge in [-0.25, -0.2) is 5.43 Å². The lowest BCUT2D eigenvalue weighted by Crippen LogP contribution is -2.37. The first-order valence-corrected chi connectivity index (χ1v) is 5.93. The van der Waals surface area contributed by atoms with Gasteiger partial charge in [-0.1, -0.05) is 28.1 Å². The summed E-state index contributed by atoms with van der Waals surface area (Å²) in [6, 6.07) is 7.90. The minimum Gasteiger partial charge on any atom is -0.394 e. The molecule has 1 atom stereocenters. The fourth-order valence-corrected chi connectivity index (χ4v) is 2.03. The molecule has 1 amide bonds. The minimum atomic E-state index is -0.0220. The summed E-state index contributed by atoms with van der Waals surface area (Å²) in [6.07, 6.45) is 0.446. The van der Waals surface area contributed by atoms with E-state index in [0.29, 0.717) is 13.0 Å². The molecule has 0 radical (unpaired) electrons. The van der Waals surface area contributed by atoms with Crippen molar-refractivity contribution in [3.63, 3.8) is 0 Å². The van der Waals surface area contributed by atoms with Gasteiger partial charge in [-0.15, -0.1) is 0 Å². The first-order valence-electron chi connectivity index (χ1n) is 5.13. The largest absolute Gasteiger partial charge is 0.394 e. The van der Waals surface area contributed by atoms with E-state index in [2.05, 4.69) is 21.4 Å². The topological polar surface area (TPSA) is 52.6 Å². The zero-order valence-corrected chi connectivity index (χ0v) is 10.3. The van der Waals surface area contributed by atoms with Gasteiger partial charge in [-0.2, -0.15) is 0 Å². The van der Waals surface area contributed by atoms with Crippen molar-refractivity contribution < 1.29 is 9.90 Å². The lowest BCUT2D eigenvalue weighted by atomic mass is 10.1. The predicted octanol–water partition coefficient (Wildman–Crippen LogP) is 1.22. The number of benzene rings is 1. The SMILES string of the molecule is O=C1CC(c2ccc(Br)cc2)NN1CCO. The first-order chi connectivity index (χ1) is 7.70. The zero-order valence-electron chi connectivity index (χ0n) is 8.69. The number of hydrogen-bond acceptors (Lipinski definition) is 3. The summed E-state index contributed by atoms with van der Waals surface area (Å²) in [6.45, 7) is 0.317. The molecule has 1 aromatic rings. The quantitative estimate of drug-likeness (QED) is 0.878. The van der Waals surface area contributed by atoms with Crippen molar-refractivity contribution in [3.8, 4) is 0 Å². The van der Waals surface area contributed by atoms with E-state index < -0.39 is 0 Å². The summed E-state index contributed by atoms with van der Waals surface area (Å²) in [5, 5.41) is 10.3. The van der Waals surface area contributed by atoms with Gasteiger partial charge in [0.2, 0.25) is 5.91 Å². The summed E-state index contributed by atoms with van der Waals surface area (Å²) < 4.78 is 1.02. The fraction of sp³-hybridized carbons (Fsp3) is 0.364. The summed E-state index contributed by atoms with van der Waals surface area (Å²) in [4.78, 5) is 11.6. The second-order valence-electron chi connectivity index (χ2n) is 3.71. The summed E-state index contributed by atoms with van der Waals surface area (Å²) >= 11 is 3.37. The Bertz CT molecular complexity index is 380. The minimum absolute atomic E-state index is 0.0205. The second kappa shape index (κ2) is 4.95. The molecule has 1 aliphatic heterocycles. The van der Waals surface area contributed by atoms with E-state index in [-0.39, 0.29) is 18.6 Å². The maximum absolute atomic E-state index is 11.6. The monoisotopic (exact) mass is 284 g/mol. The Balaban J connectivity index is 2.07. The van der Waals surface area contributed by atoms with E-state index in [1.54, 1.807) is 0 Å². The highest BCUT2D eigenvalue weighted by Gasteiger charge is 2.29. The van der Waals surface area contributed by atoms with Gasteiger partial charge in [0.15, 0.2) is 0 Å². The number of hydrogen-bond donors (Lipinski definition) is 2. The lowest BCUT2D eigenvalue weighted by Gasteiger charge is -2.16. The second-order valence-corrected chi connectivity index (χ2v) is 4.62. The number of halogens is 1. The molecule has 5 heteroatoms. The van der Waals surface area contributed by atoms with Gasteiger partial charge in [-0.05, 0) is 17.7 Å². The average molecular weight is 285 g/mol. The number of hydrazine groups is 1. The maximum Gasteiger partial charge on any atom is 0.238 e. The number of nitrogens with zero attached hydrogens (tertiary/aromatic N) is 1. The highest BCUT2D eigenvalue weighted by molar-refractivity contribution is 9.10. The number of aliphatic hydroxyl groups is 1. The van der Waals surface area contributed by atoms with Crippen LogP contribution in [0.4, 0.5) is 0 Å². The Morgan fingerprint density at radius 1 is 1.44 bits per heavy atom. The Labute approximate surface area is 102 Å². The summed E-state index contributed by atoms with van der Waals surface area (Å²) in [5.74, 6) is 0.0296. The molecule has 0 spiro atoms. The average Bonchev–Trinajstić information content (AvgIpc) is 2.62. The zero-order chi connectivity index (χ0) is 11.5. The molecular weight excluding hydrogens is 272 g/mol. The van der Waals surface area contributed by atoms with Crippen LogP contribution in [0.15, 0.2) is 28.7 Å². The van der Waals surface area contributed by atoms with Crippen molar-refractivity contribution in [2.75, 3.05) is 13.2 Å². The molecule has 0 bridgehead atoms. The predicted molar refractivity (Wildman–Crippen MR) is 63.4 cm³/mol. The Kier molecular flexibility index (Phi) is 3.58. The molecule has 86 valence electrons. The summed E-state index contributed by atoms with van der Waals surface area (Å²) in [7, 11) is 0. The van der Waals surface area contributed by atoms with Crippen molar-refractivity contribution in [1.29, 1.82) is 0 Å². The molecule has 2 N–H and O–H groups in total. The Morgan fingerprint density at radius 2 is 2.12 bits per heavy atom. The van der Waals surface area contributed by atoms with Crippen LogP contribution in [0.3, 0.4) is 0 Å². The molecule has 0 aromatic heterocycles. The highest BCUT2D eigenvalue weighted by atomic mass is 79.9. The van der Waals surface area contributed by atoms with Crippen LogP contribution >= 0.6 is 15.9 Å². The third-order valence-electron chi connectivity index (χ3n) is 2.59. The van der Waals surface area contributed by atoms with Crippen LogP contribution in [-0.2, 0) is 4.79 Å². The van der Waals surface area contributed by atoms with Crippen LogP contribution in [0.25, 0.3) is 0 Å². The van der Waals surface area contributed by atoms with Crippen LogP contribution in [-0.4, -0.2) is 29.2 Å². The van der Waals surface area contributed by atoms with Gasteiger partial charge in [-0.3, -0.25) is 9.80 Å². The van der Waals surface area contributed by atoms with Gasteiger partial charge < -0.3 is 5.11 Å². The van der Waals surface area contributed by atoms with Crippen molar-refractivity contribution in [2.24, 2.45) is 0 Å². The number of nitrogens with one attached hydrogen (secondary N) is 1. The number of aliphatic hydroxyl groups excluding tert-OH is 1. The maximum atomic E-state index is 11.6. The van der Waals surface area contributed by atoms with E-state index in [9.17, 15) is 4.79 Å². The molecular formula is C11H13BrN2O2. The number of β-amino-alcohol motifs (C(OH)–C–C–N with tert-alkyl or cyclic N) is 1. The van der Waals surface area contributed by atoms with E-state index >= 15 is 0 Å². The van der Waals surface area contributed by atoms with E-state index in [1.807, 2.05) is 24.3 Å². The Morgan fingerprint density at radius 3 is 2.75 bits per heavy atom. The van der Waals surface area contributed by atoms with Gasteiger partial charge in [0.1, 0.15) is 0 Å². The van der Waals surface area contributed by atoms with E-state index in [4.69, 9.17) is 5.11 Å². The standard InChI is InChI=1S/C11H13BrN2O2/c12-9-3-1-8(2-4-9)10-7-11(16)14(13-10)5-6-15/h1-4,10,13,15H,5-7H2. The van der Waals surface area contributed by atoms with Crippen LogP contribution in [0.2, 0.25) is 0 Å². The van der Waals surface area contributed by atoms with Crippen molar-refractivity contribution in [1.82, 2.24) is 10.4 Å². The normalized spacial score (nSPS) is 20.5. The van der Waals surface area contributed by atoms with Crippen molar-refractivity contribution >= 4 is 21.8 Å². The molecule has 1 aromatic carbocycles. The third kappa shape index (κ3) is 2.42.